The molecular formula is C33H34. The van der Waals surface area contributed by atoms with Crippen LogP contribution in [0.2, 0.25) is 0 Å². The Morgan fingerprint density at radius 3 is 2.09 bits per heavy atom. The largest absolute Gasteiger partial charge is 0.115 e. The quantitative estimate of drug-likeness (QED) is 0.270. The molecule has 0 saturated heterocycles. The van der Waals surface area contributed by atoms with Gasteiger partial charge in [0.2, 0.25) is 0 Å². The minimum absolute atomic E-state index is 0.875. The fourth-order valence-electron chi connectivity index (χ4n) is 3.66. The molecular weight excluding hydrogens is 396 g/mol. The van der Waals surface area contributed by atoms with Crippen LogP contribution in [0, 0.1) is 26.2 Å². The second-order valence-corrected chi connectivity index (χ2v) is 7.84. The van der Waals surface area contributed by atoms with Crippen LogP contribution in [-0.2, 0) is 0 Å². The highest BCUT2D eigenvalue weighted by Crippen LogP contribution is 2.36. The molecule has 0 saturated carbocycles. The summed E-state index contributed by atoms with van der Waals surface area (Å²) < 4.78 is 0. The zero-order valence-corrected chi connectivity index (χ0v) is 20.6. The van der Waals surface area contributed by atoms with Crippen molar-refractivity contribution in [1.29, 1.82) is 0 Å². The molecule has 3 rings (SSSR count). The lowest BCUT2D eigenvalue weighted by Crippen LogP contribution is -2.00. The molecule has 0 N–H and O–H groups in total. The van der Waals surface area contributed by atoms with Crippen LogP contribution in [0.25, 0.3) is 11.6 Å². The molecule has 0 nitrogen and oxygen atoms in total. The van der Waals surface area contributed by atoms with E-state index in [1.807, 2.05) is 51.1 Å². The molecule has 0 radical (unpaired) electrons. The van der Waals surface area contributed by atoms with Crippen molar-refractivity contribution < 1.29 is 0 Å². The third-order valence-electron chi connectivity index (χ3n) is 5.28. The summed E-state index contributed by atoms with van der Waals surface area (Å²) >= 11 is 0. The van der Waals surface area contributed by atoms with Crippen molar-refractivity contribution >= 4 is 11.6 Å². The first kappa shape index (κ1) is 25.4. The van der Waals surface area contributed by atoms with Gasteiger partial charge in [0.15, 0.2) is 0 Å². The monoisotopic (exact) mass is 430 g/mol. The topological polar surface area (TPSA) is 0 Å². The summed E-state index contributed by atoms with van der Waals surface area (Å²) in [5, 5.41) is 0. The van der Waals surface area contributed by atoms with E-state index in [0.29, 0.717) is 0 Å². The van der Waals surface area contributed by atoms with Crippen molar-refractivity contribution in [2.24, 2.45) is 0 Å². The number of terminal acetylenes is 1. The predicted molar refractivity (Wildman–Crippen MR) is 147 cm³/mol. The molecule has 0 aliphatic carbocycles. The van der Waals surface area contributed by atoms with Gasteiger partial charge in [-0.1, -0.05) is 111 Å². The van der Waals surface area contributed by atoms with E-state index in [4.69, 9.17) is 6.42 Å². The van der Waals surface area contributed by atoms with Gasteiger partial charge in [0.25, 0.3) is 0 Å². The molecule has 0 unspecified atom stereocenters. The Hall–Kier alpha value is -3.82. The first-order chi connectivity index (χ1) is 15.9. The van der Waals surface area contributed by atoms with E-state index in [-0.39, 0.29) is 0 Å². The molecule has 33 heavy (non-hydrogen) atoms. The first-order valence-corrected chi connectivity index (χ1v) is 11.4. The number of hydrogen-bond donors (Lipinski definition) is 0. The highest BCUT2D eigenvalue weighted by atomic mass is 14.2. The van der Waals surface area contributed by atoms with E-state index in [9.17, 15) is 0 Å². The van der Waals surface area contributed by atoms with Gasteiger partial charge in [-0.15, -0.1) is 6.42 Å². The minimum atomic E-state index is 0.875. The van der Waals surface area contributed by atoms with Crippen LogP contribution in [0.4, 0.5) is 0 Å². The molecule has 3 aromatic rings. The van der Waals surface area contributed by atoms with Crippen molar-refractivity contribution in [2.45, 2.75) is 34.6 Å². The highest BCUT2D eigenvalue weighted by Gasteiger charge is 2.16. The van der Waals surface area contributed by atoms with Crippen LogP contribution in [0.5, 0.6) is 0 Å². The molecule has 166 valence electrons. The SMILES string of the molecule is C#Cc1ccc(/C=C/C(=C)/C(C(=C)C)=C(\c2ccccc2)c2cc(C)ccc2C)cc1.CC. The molecule has 0 aliphatic rings. The van der Waals surface area contributed by atoms with Crippen molar-refractivity contribution in [3.8, 4) is 12.3 Å². The summed E-state index contributed by atoms with van der Waals surface area (Å²) in [5.41, 5.74) is 10.9. The maximum Gasteiger partial charge on any atom is 0.0243 e. The Kier molecular flexibility index (Phi) is 9.46. The molecule has 0 amide bonds. The Morgan fingerprint density at radius 2 is 1.52 bits per heavy atom. The van der Waals surface area contributed by atoms with E-state index in [1.165, 1.54) is 16.7 Å². The average molecular weight is 431 g/mol. The smallest absolute Gasteiger partial charge is 0.0243 e. The van der Waals surface area contributed by atoms with Gasteiger partial charge in [0, 0.05) is 5.56 Å². The zero-order chi connectivity index (χ0) is 24.4. The maximum absolute atomic E-state index is 5.46. The summed E-state index contributed by atoms with van der Waals surface area (Å²) in [6.45, 7) is 19.0. The third kappa shape index (κ3) is 6.58. The van der Waals surface area contributed by atoms with E-state index in [1.54, 1.807) is 0 Å². The lowest BCUT2D eigenvalue weighted by atomic mass is 9.84. The molecule has 0 aliphatic heterocycles. The molecule has 0 spiro atoms. The Morgan fingerprint density at radius 1 is 0.879 bits per heavy atom. The molecule has 0 heterocycles. The average Bonchev–Trinajstić information content (AvgIpc) is 2.84. The molecule has 0 heteroatoms. The summed E-state index contributed by atoms with van der Waals surface area (Å²) in [6, 6.07) is 25.0. The fraction of sp³-hybridized carbons (Fsp3) is 0.152. The van der Waals surface area contributed by atoms with Crippen molar-refractivity contribution in [1.82, 2.24) is 0 Å². The second kappa shape index (κ2) is 12.3. The lowest BCUT2D eigenvalue weighted by Gasteiger charge is -2.20. The number of allylic oxidation sites excluding steroid dienone is 4. The minimum Gasteiger partial charge on any atom is -0.115 e. The van der Waals surface area contributed by atoms with Gasteiger partial charge in [0.05, 0.1) is 0 Å². The Labute approximate surface area is 200 Å². The van der Waals surface area contributed by atoms with Crippen molar-refractivity contribution in [3.05, 3.63) is 142 Å². The van der Waals surface area contributed by atoms with E-state index < -0.39 is 0 Å². The summed E-state index contributed by atoms with van der Waals surface area (Å²) in [5.74, 6) is 2.65. The number of rotatable bonds is 6. The molecule has 0 bridgehead atoms. The standard InChI is InChI=1S/C31H28.C2H6/c1-7-26-17-19-27(20-18-26)16-15-25(6)30(22(2)3)31(28-11-9-8-10-12-28)29-21-23(4)13-14-24(29)5;1-2/h1,8-21H,2,6H2,3-5H3;1-2H3/b16-15+,31-30+;. The van der Waals surface area contributed by atoms with Gasteiger partial charge in [-0.2, -0.15) is 0 Å². The van der Waals surface area contributed by atoms with Crippen LogP contribution in [-0.4, -0.2) is 0 Å². The molecule has 0 atom stereocenters. The Bertz CT molecular complexity index is 1210. The molecule has 0 fully saturated rings. The van der Waals surface area contributed by atoms with Crippen molar-refractivity contribution in [2.75, 3.05) is 0 Å². The Balaban J connectivity index is 0.00000187. The van der Waals surface area contributed by atoms with Gasteiger partial charge in [-0.3, -0.25) is 0 Å². The second-order valence-electron chi connectivity index (χ2n) is 7.84. The van der Waals surface area contributed by atoms with Gasteiger partial charge in [-0.25, -0.2) is 0 Å². The van der Waals surface area contributed by atoms with Crippen LogP contribution in [0.3, 0.4) is 0 Å². The first-order valence-electron chi connectivity index (χ1n) is 11.4. The van der Waals surface area contributed by atoms with Crippen LogP contribution < -0.4 is 0 Å². The van der Waals surface area contributed by atoms with Gasteiger partial charge >= 0.3 is 0 Å². The number of benzene rings is 3. The number of hydrogen-bond acceptors (Lipinski definition) is 0. The highest BCUT2D eigenvalue weighted by molar-refractivity contribution is 5.89. The van der Waals surface area contributed by atoms with Gasteiger partial charge in [0.1, 0.15) is 0 Å². The zero-order valence-electron chi connectivity index (χ0n) is 20.6. The van der Waals surface area contributed by atoms with E-state index in [2.05, 4.69) is 87.5 Å². The van der Waals surface area contributed by atoms with Crippen LogP contribution in [0.15, 0.2) is 109 Å². The summed E-state index contributed by atoms with van der Waals surface area (Å²) in [4.78, 5) is 0. The van der Waals surface area contributed by atoms with Crippen LogP contribution >= 0.6 is 0 Å². The predicted octanol–water partition coefficient (Wildman–Crippen LogP) is 8.96. The molecule has 0 aromatic heterocycles. The van der Waals surface area contributed by atoms with Gasteiger partial charge < -0.3 is 0 Å². The third-order valence-corrected chi connectivity index (χ3v) is 5.28. The van der Waals surface area contributed by atoms with E-state index in [0.717, 1.165) is 39.0 Å². The summed E-state index contributed by atoms with van der Waals surface area (Å²) in [6.07, 6.45) is 9.59. The van der Waals surface area contributed by atoms with Crippen molar-refractivity contribution in [3.63, 3.8) is 0 Å². The van der Waals surface area contributed by atoms with Gasteiger partial charge in [-0.05, 0) is 77.5 Å². The van der Waals surface area contributed by atoms with E-state index >= 15 is 0 Å². The molecule has 3 aromatic carbocycles. The lowest BCUT2D eigenvalue weighted by molar-refractivity contribution is 1.33. The fourth-order valence-corrected chi connectivity index (χ4v) is 3.66. The number of aryl methyl sites for hydroxylation is 2. The van der Waals surface area contributed by atoms with Crippen LogP contribution in [0.1, 0.15) is 54.2 Å². The normalized spacial score (nSPS) is 11.2. The summed E-state index contributed by atoms with van der Waals surface area (Å²) in [7, 11) is 0. The maximum atomic E-state index is 5.46.